The fourth-order valence-electron chi connectivity index (χ4n) is 1.93. The third kappa shape index (κ3) is 4.12. The van der Waals surface area contributed by atoms with Crippen LogP contribution in [0.25, 0.3) is 0 Å². The van der Waals surface area contributed by atoms with Crippen LogP contribution in [0.5, 0.6) is 0 Å². The maximum atomic E-state index is 13.8. The van der Waals surface area contributed by atoms with Gasteiger partial charge in [-0.1, -0.05) is 12.1 Å². The number of hydrogen-bond donors (Lipinski definition) is 2. The number of nitro benzene ring substituents is 1. The van der Waals surface area contributed by atoms with Crippen molar-refractivity contribution in [3.8, 4) is 0 Å². The molecule has 0 aliphatic heterocycles. The van der Waals surface area contributed by atoms with Gasteiger partial charge in [-0.25, -0.2) is 4.39 Å². The van der Waals surface area contributed by atoms with Crippen molar-refractivity contribution in [2.75, 3.05) is 11.9 Å². The van der Waals surface area contributed by atoms with Crippen molar-refractivity contribution in [2.45, 2.75) is 0 Å². The number of carbonyl (C=O) groups excluding carboxylic acids is 2. The molecule has 0 bridgehead atoms. The van der Waals surface area contributed by atoms with E-state index < -0.39 is 22.4 Å². The number of amides is 1. The molecule has 0 fully saturated rings. The second-order valence-corrected chi connectivity index (χ2v) is 4.55. The van der Waals surface area contributed by atoms with Crippen LogP contribution in [0.2, 0.25) is 0 Å². The molecule has 0 unspecified atom stereocenters. The summed E-state index contributed by atoms with van der Waals surface area (Å²) in [6, 6.07) is 8.56. The van der Waals surface area contributed by atoms with Crippen molar-refractivity contribution in [3.05, 3.63) is 69.5 Å². The summed E-state index contributed by atoms with van der Waals surface area (Å²) in [7, 11) is 0. The molecular weight excluding hydrogens is 341 g/mol. The maximum absolute atomic E-state index is 13.8. The van der Waals surface area contributed by atoms with Crippen LogP contribution in [-0.2, 0) is 4.79 Å². The molecule has 0 saturated heterocycles. The summed E-state index contributed by atoms with van der Waals surface area (Å²) < 4.78 is 13.8. The van der Waals surface area contributed by atoms with E-state index in [1.165, 1.54) is 24.3 Å². The quantitative estimate of drug-likeness (QED) is 0.486. The Morgan fingerprint density at radius 2 is 1.83 bits per heavy atom. The van der Waals surface area contributed by atoms with Gasteiger partial charge in [0.2, 0.25) is 5.91 Å². The van der Waals surface area contributed by atoms with Crippen LogP contribution < -0.4 is 11.1 Å². The number of benzene rings is 2. The van der Waals surface area contributed by atoms with Crippen LogP contribution in [0.15, 0.2) is 42.5 Å². The molecule has 7 nitrogen and oxygen atoms in total. The van der Waals surface area contributed by atoms with Crippen molar-refractivity contribution in [3.63, 3.8) is 0 Å². The third-order valence-corrected chi connectivity index (χ3v) is 3.04. The first-order valence-corrected chi connectivity index (χ1v) is 6.51. The molecule has 0 spiro atoms. The minimum atomic E-state index is -0.779. The summed E-state index contributed by atoms with van der Waals surface area (Å²) in [5.41, 5.74) is 4.43. The standard InChI is InChI=1S/C15H12FN3O4.ClH/c16-12-4-2-1-3-10(12)15(21)11-7-9(19(22)23)5-6-13(11)18-14(20)8-17;/h1-7H,8,17H2,(H,18,20);1H. The van der Waals surface area contributed by atoms with Gasteiger partial charge >= 0.3 is 0 Å². The van der Waals surface area contributed by atoms with Crippen LogP contribution in [-0.4, -0.2) is 23.2 Å². The SMILES string of the molecule is Cl.NCC(=O)Nc1ccc([N+](=O)[O-])cc1C(=O)c1ccccc1F. The number of nitro groups is 1. The van der Waals surface area contributed by atoms with E-state index in [-0.39, 0.29) is 41.5 Å². The highest BCUT2D eigenvalue weighted by molar-refractivity contribution is 6.14. The first kappa shape index (κ1) is 19.2. The van der Waals surface area contributed by atoms with Crippen molar-refractivity contribution in [1.82, 2.24) is 0 Å². The number of nitrogens with one attached hydrogen (secondary N) is 1. The Labute approximate surface area is 142 Å². The molecule has 2 rings (SSSR count). The van der Waals surface area contributed by atoms with E-state index in [4.69, 9.17) is 5.73 Å². The monoisotopic (exact) mass is 353 g/mol. The number of nitrogens with two attached hydrogens (primary N) is 1. The highest BCUT2D eigenvalue weighted by Crippen LogP contribution is 2.25. The number of anilines is 1. The molecule has 2 aromatic carbocycles. The summed E-state index contributed by atoms with van der Waals surface area (Å²) >= 11 is 0. The van der Waals surface area contributed by atoms with Gasteiger partial charge in [0, 0.05) is 12.1 Å². The van der Waals surface area contributed by atoms with Gasteiger partial charge in [-0.05, 0) is 18.2 Å². The molecule has 2 aromatic rings. The molecule has 24 heavy (non-hydrogen) atoms. The van der Waals surface area contributed by atoms with Gasteiger partial charge in [-0.2, -0.15) is 0 Å². The molecule has 1 amide bonds. The van der Waals surface area contributed by atoms with E-state index in [0.717, 1.165) is 18.2 Å². The summed E-state index contributed by atoms with van der Waals surface area (Å²) in [5.74, 6) is -2.12. The smallest absolute Gasteiger partial charge is 0.270 e. The van der Waals surface area contributed by atoms with Crippen molar-refractivity contribution in [2.24, 2.45) is 5.73 Å². The van der Waals surface area contributed by atoms with E-state index in [1.54, 1.807) is 0 Å². The highest BCUT2D eigenvalue weighted by Gasteiger charge is 2.21. The van der Waals surface area contributed by atoms with Crippen LogP contribution in [0.1, 0.15) is 15.9 Å². The molecule has 0 saturated carbocycles. The van der Waals surface area contributed by atoms with Gasteiger partial charge in [0.15, 0.2) is 5.78 Å². The van der Waals surface area contributed by atoms with Gasteiger partial charge in [0.05, 0.1) is 28.3 Å². The molecule has 0 aromatic heterocycles. The zero-order valence-electron chi connectivity index (χ0n) is 12.2. The van der Waals surface area contributed by atoms with Crippen molar-refractivity contribution < 1.29 is 18.9 Å². The molecular formula is C15H13ClFN3O4. The Kier molecular flexibility index (Phi) is 6.51. The lowest BCUT2D eigenvalue weighted by Crippen LogP contribution is -2.23. The molecule has 9 heteroatoms. The Morgan fingerprint density at radius 3 is 2.42 bits per heavy atom. The Hall–Kier alpha value is -2.84. The van der Waals surface area contributed by atoms with E-state index in [1.807, 2.05) is 0 Å². The van der Waals surface area contributed by atoms with Gasteiger partial charge in [0.25, 0.3) is 5.69 Å². The van der Waals surface area contributed by atoms with E-state index in [0.29, 0.717) is 0 Å². The average molecular weight is 354 g/mol. The van der Waals surface area contributed by atoms with Gasteiger partial charge in [0.1, 0.15) is 5.82 Å². The first-order valence-electron chi connectivity index (χ1n) is 6.51. The van der Waals surface area contributed by atoms with E-state index in [2.05, 4.69) is 5.32 Å². The number of halogens is 2. The number of nitrogens with zero attached hydrogens (tertiary/aromatic N) is 1. The number of non-ortho nitro benzene ring substituents is 1. The Bertz CT molecular complexity index is 798. The fourth-order valence-corrected chi connectivity index (χ4v) is 1.93. The lowest BCUT2D eigenvalue weighted by molar-refractivity contribution is -0.384. The summed E-state index contributed by atoms with van der Waals surface area (Å²) in [6.07, 6.45) is 0. The average Bonchev–Trinajstić information content (AvgIpc) is 2.54. The molecule has 0 radical (unpaired) electrons. The molecule has 126 valence electrons. The van der Waals surface area contributed by atoms with Crippen LogP contribution in [0.3, 0.4) is 0 Å². The first-order chi connectivity index (χ1) is 10.9. The van der Waals surface area contributed by atoms with Crippen LogP contribution in [0, 0.1) is 15.9 Å². The van der Waals surface area contributed by atoms with E-state index in [9.17, 15) is 24.1 Å². The Balaban J connectivity index is 0.00000288. The van der Waals surface area contributed by atoms with Gasteiger partial charge in [-0.3, -0.25) is 19.7 Å². The lowest BCUT2D eigenvalue weighted by atomic mass is 10.0. The third-order valence-electron chi connectivity index (χ3n) is 3.04. The molecule has 3 N–H and O–H groups in total. The largest absolute Gasteiger partial charge is 0.324 e. The lowest BCUT2D eigenvalue weighted by Gasteiger charge is -2.10. The maximum Gasteiger partial charge on any atom is 0.270 e. The van der Waals surface area contributed by atoms with Crippen LogP contribution >= 0.6 is 12.4 Å². The second kappa shape index (κ2) is 8.14. The Morgan fingerprint density at radius 1 is 1.17 bits per heavy atom. The number of hydrogen-bond acceptors (Lipinski definition) is 5. The topological polar surface area (TPSA) is 115 Å². The number of ketones is 1. The number of rotatable bonds is 5. The minimum Gasteiger partial charge on any atom is -0.324 e. The zero-order valence-corrected chi connectivity index (χ0v) is 13.0. The highest BCUT2D eigenvalue weighted by atomic mass is 35.5. The van der Waals surface area contributed by atoms with Crippen LogP contribution in [0.4, 0.5) is 15.8 Å². The fraction of sp³-hybridized carbons (Fsp3) is 0.0667. The normalized spacial score (nSPS) is 9.75. The molecule has 0 aliphatic rings. The van der Waals surface area contributed by atoms with E-state index >= 15 is 0 Å². The predicted octanol–water partition coefficient (Wildman–Crippen LogP) is 2.28. The summed E-state index contributed by atoms with van der Waals surface area (Å²) in [5, 5.41) is 13.2. The molecule has 0 heterocycles. The molecule has 0 atom stereocenters. The minimum absolute atomic E-state index is 0. The van der Waals surface area contributed by atoms with Crippen molar-refractivity contribution in [1.29, 1.82) is 0 Å². The summed E-state index contributed by atoms with van der Waals surface area (Å²) in [6.45, 7) is -0.329. The zero-order chi connectivity index (χ0) is 17.0. The summed E-state index contributed by atoms with van der Waals surface area (Å²) in [4.78, 5) is 34.1. The number of carbonyl (C=O) groups is 2. The predicted molar refractivity (Wildman–Crippen MR) is 87.9 cm³/mol. The van der Waals surface area contributed by atoms with Crippen molar-refractivity contribution >= 4 is 35.5 Å². The molecule has 0 aliphatic carbocycles. The second-order valence-electron chi connectivity index (χ2n) is 4.55. The van der Waals surface area contributed by atoms with Gasteiger partial charge in [-0.15, -0.1) is 12.4 Å². The van der Waals surface area contributed by atoms with Gasteiger partial charge < -0.3 is 11.1 Å².